The lowest BCUT2D eigenvalue weighted by molar-refractivity contribution is -0.123. The highest BCUT2D eigenvalue weighted by Gasteiger charge is 2.28. The third-order valence-electron chi connectivity index (χ3n) is 7.23. The minimum Gasteiger partial charge on any atom is -0.308 e. The van der Waals surface area contributed by atoms with Crippen molar-refractivity contribution in [3.05, 3.63) is 89.6 Å². The number of rotatable bonds is 7. The summed E-state index contributed by atoms with van der Waals surface area (Å²) in [5, 5.41) is 5.18. The van der Waals surface area contributed by atoms with Crippen molar-refractivity contribution in [2.45, 2.75) is 45.5 Å². The fraction of sp³-hybridized carbons (Fsp3) is 0.281. The monoisotopic (exact) mass is 528 g/mol. The number of fused-ring (bicyclic) bond motifs is 1. The van der Waals surface area contributed by atoms with Gasteiger partial charge in [-0.15, -0.1) is 0 Å². The highest BCUT2D eigenvalue weighted by Crippen LogP contribution is 2.31. The van der Waals surface area contributed by atoms with Gasteiger partial charge in [0.25, 0.3) is 0 Å². The van der Waals surface area contributed by atoms with E-state index in [1.807, 2.05) is 25.2 Å². The number of aromatic nitrogens is 2. The van der Waals surface area contributed by atoms with Crippen molar-refractivity contribution in [1.82, 2.24) is 9.78 Å². The van der Waals surface area contributed by atoms with Crippen molar-refractivity contribution >= 4 is 34.4 Å². The van der Waals surface area contributed by atoms with Gasteiger partial charge in [0.2, 0.25) is 5.91 Å². The maximum absolute atomic E-state index is 15.7. The number of carbonyl (C=O) groups excluding carboxylic acids is 2. The second-order valence-corrected chi connectivity index (χ2v) is 10.1. The second-order valence-electron chi connectivity index (χ2n) is 10.1. The fourth-order valence-electron chi connectivity index (χ4n) is 5.15. The van der Waals surface area contributed by atoms with Crippen LogP contribution in [0.4, 0.5) is 14.5 Å². The Morgan fingerprint density at radius 3 is 2.54 bits per heavy atom. The number of ketones is 1. The van der Waals surface area contributed by atoms with Gasteiger partial charge in [0, 0.05) is 29.6 Å². The van der Waals surface area contributed by atoms with Gasteiger partial charge in [-0.2, -0.15) is 5.10 Å². The lowest BCUT2D eigenvalue weighted by Gasteiger charge is -2.30. The first-order chi connectivity index (χ1) is 19.2. The molecule has 1 atom stereocenters. The molecule has 0 radical (unpaired) electrons. The third kappa shape index (κ3) is 5.98. The summed E-state index contributed by atoms with van der Waals surface area (Å²) >= 11 is 0. The molecule has 0 saturated heterocycles. The van der Waals surface area contributed by atoms with E-state index in [0.29, 0.717) is 24.0 Å². The van der Waals surface area contributed by atoms with Gasteiger partial charge in [-0.25, -0.2) is 8.78 Å². The van der Waals surface area contributed by atoms with E-state index >= 15 is 4.39 Å². The van der Waals surface area contributed by atoms with Gasteiger partial charge < -0.3 is 4.90 Å². The summed E-state index contributed by atoms with van der Waals surface area (Å²) in [5.74, 6) is -2.09. The molecule has 5 rings (SSSR count). The molecule has 1 unspecified atom stereocenters. The molecule has 1 fully saturated rings. The predicted octanol–water partition coefficient (Wildman–Crippen LogP) is 7.23. The van der Waals surface area contributed by atoms with E-state index in [1.165, 1.54) is 48.2 Å². The molecule has 0 aliphatic heterocycles. The number of halogens is 2. The summed E-state index contributed by atoms with van der Waals surface area (Å²) in [5.41, 5.74) is 2.93. The first-order valence-electron chi connectivity index (χ1n) is 13.7. The van der Waals surface area contributed by atoms with Crippen LogP contribution in [0.1, 0.15) is 51.5 Å². The molecule has 1 saturated carbocycles. The predicted molar refractivity (Wildman–Crippen MR) is 150 cm³/mol. The number of benzene rings is 3. The van der Waals surface area contributed by atoms with Gasteiger partial charge in [-0.3, -0.25) is 14.3 Å². The van der Waals surface area contributed by atoms with E-state index in [-0.39, 0.29) is 28.9 Å². The summed E-state index contributed by atoms with van der Waals surface area (Å²) in [4.78, 5) is 26.4. The number of nitrogens with zero attached hydrogens (tertiary/aromatic N) is 3. The van der Waals surface area contributed by atoms with Gasteiger partial charge >= 0.3 is 0 Å². The molecule has 0 spiro atoms. The number of hydrogen-bond donors (Lipinski definition) is 0. The SMILES string of the molecule is [2H]C(c1ccc(-c2ccc3c(cnn3C)c2)cc1F)N(C(=O)C1CCCCC1)c1cc(F)cc(/C=C/C(C)=O)c1. The molecule has 5 nitrogen and oxygen atoms in total. The average molecular weight is 529 g/mol. The maximum Gasteiger partial charge on any atom is 0.230 e. The van der Waals surface area contributed by atoms with Crippen LogP contribution in [0, 0.1) is 17.6 Å². The molecule has 0 N–H and O–H groups in total. The van der Waals surface area contributed by atoms with E-state index < -0.39 is 18.2 Å². The van der Waals surface area contributed by atoms with Crippen LogP contribution in [0.3, 0.4) is 0 Å². The second kappa shape index (κ2) is 11.3. The van der Waals surface area contributed by atoms with Crippen molar-refractivity contribution in [1.29, 1.82) is 0 Å². The summed E-state index contributed by atoms with van der Waals surface area (Å²) in [7, 11) is 1.85. The molecule has 1 aliphatic carbocycles. The Kier molecular flexibility index (Phi) is 7.30. The molecular weight excluding hydrogens is 496 g/mol. The van der Waals surface area contributed by atoms with Crippen LogP contribution in [0.5, 0.6) is 0 Å². The standard InChI is InChI=1S/C32H31F2N3O2/c1-21(38)8-9-22-14-28(33)18-29(15-22)37(32(39)23-6-4-3-5-7-23)20-26-11-10-25(17-30(26)34)24-12-13-31-27(16-24)19-35-36(31)2/h8-19,23H,3-7,20H2,1-2H3/b9-8+/i20D. The van der Waals surface area contributed by atoms with Gasteiger partial charge in [-0.1, -0.05) is 43.5 Å². The topological polar surface area (TPSA) is 55.2 Å². The van der Waals surface area contributed by atoms with Crippen molar-refractivity contribution in [2.24, 2.45) is 13.0 Å². The number of anilines is 1. The van der Waals surface area contributed by atoms with Crippen LogP contribution in [-0.4, -0.2) is 21.5 Å². The molecule has 39 heavy (non-hydrogen) atoms. The van der Waals surface area contributed by atoms with Crippen LogP contribution in [0.15, 0.2) is 66.9 Å². The summed E-state index contributed by atoms with van der Waals surface area (Å²) < 4.78 is 41.2. The van der Waals surface area contributed by atoms with E-state index in [9.17, 15) is 14.0 Å². The highest BCUT2D eigenvalue weighted by atomic mass is 19.1. The quantitative estimate of drug-likeness (QED) is 0.238. The fourth-order valence-corrected chi connectivity index (χ4v) is 5.15. The van der Waals surface area contributed by atoms with Gasteiger partial charge in [0.05, 0.1) is 19.6 Å². The summed E-state index contributed by atoms with van der Waals surface area (Å²) in [6.45, 7) is -0.0489. The smallest absolute Gasteiger partial charge is 0.230 e. The molecule has 4 aromatic rings. The lowest BCUT2D eigenvalue weighted by Crippen LogP contribution is -2.37. The van der Waals surface area contributed by atoms with Crippen molar-refractivity contribution < 1.29 is 19.7 Å². The van der Waals surface area contributed by atoms with Crippen molar-refractivity contribution in [3.63, 3.8) is 0 Å². The summed E-state index contributed by atoms with van der Waals surface area (Å²) in [6.07, 6.45) is 8.70. The number of allylic oxidation sites excluding steroid dienone is 1. The van der Waals surface area contributed by atoms with Gasteiger partial charge in [-0.05, 0) is 78.9 Å². The molecule has 3 aromatic carbocycles. The van der Waals surface area contributed by atoms with E-state index in [2.05, 4.69) is 5.10 Å². The third-order valence-corrected chi connectivity index (χ3v) is 7.23. The molecule has 200 valence electrons. The van der Waals surface area contributed by atoms with Crippen LogP contribution < -0.4 is 4.90 Å². The molecule has 7 heteroatoms. The molecule has 1 heterocycles. The normalized spacial score (nSPS) is 15.4. The Morgan fingerprint density at radius 2 is 1.79 bits per heavy atom. The largest absolute Gasteiger partial charge is 0.308 e. The van der Waals surface area contributed by atoms with Gasteiger partial charge in [0.1, 0.15) is 11.6 Å². The molecule has 1 aliphatic rings. The average Bonchev–Trinajstić information content (AvgIpc) is 3.32. The Balaban J connectivity index is 1.53. The zero-order valence-electron chi connectivity index (χ0n) is 23.0. The number of hydrogen-bond acceptors (Lipinski definition) is 3. The number of carbonyl (C=O) groups is 2. The Hall–Kier alpha value is -4.13. The van der Waals surface area contributed by atoms with E-state index in [0.717, 1.165) is 35.7 Å². The zero-order valence-corrected chi connectivity index (χ0v) is 22.0. The minimum absolute atomic E-state index is 0.0143. The zero-order chi connectivity index (χ0) is 28.4. The Labute approximate surface area is 228 Å². The molecule has 1 aromatic heterocycles. The molecule has 0 bridgehead atoms. The van der Waals surface area contributed by atoms with E-state index in [4.69, 9.17) is 1.37 Å². The van der Waals surface area contributed by atoms with Crippen molar-refractivity contribution in [3.8, 4) is 11.1 Å². The van der Waals surface area contributed by atoms with Crippen molar-refractivity contribution in [2.75, 3.05) is 4.90 Å². The first kappa shape index (κ1) is 25.2. The summed E-state index contributed by atoms with van der Waals surface area (Å²) in [6, 6.07) is 14.3. The Bertz CT molecular complexity index is 1610. The van der Waals surface area contributed by atoms with Crippen LogP contribution in [0.25, 0.3) is 28.1 Å². The van der Waals surface area contributed by atoms with Gasteiger partial charge in [0.15, 0.2) is 5.78 Å². The number of amides is 1. The van der Waals surface area contributed by atoms with Crippen LogP contribution in [-0.2, 0) is 23.2 Å². The first-order valence-corrected chi connectivity index (χ1v) is 13.2. The minimum atomic E-state index is -1.43. The highest BCUT2D eigenvalue weighted by molar-refractivity contribution is 5.96. The number of aryl methyl sites for hydroxylation is 1. The molecule has 1 amide bonds. The van der Waals surface area contributed by atoms with Crippen LogP contribution in [0.2, 0.25) is 0 Å². The van der Waals surface area contributed by atoms with Crippen LogP contribution >= 0.6 is 0 Å². The van der Waals surface area contributed by atoms with E-state index in [1.54, 1.807) is 23.0 Å². The Morgan fingerprint density at radius 1 is 1.05 bits per heavy atom. The lowest BCUT2D eigenvalue weighted by atomic mass is 9.88. The molecular formula is C32H31F2N3O2. The maximum atomic E-state index is 15.7.